The molecule has 2 rings (SSSR count). The molecule has 5 nitrogen and oxygen atoms in total. The second-order valence-electron chi connectivity index (χ2n) is 5.32. The predicted molar refractivity (Wildman–Crippen MR) is 87.5 cm³/mol. The number of carbonyl (C=O) groups excluding carboxylic acids is 1. The van der Waals surface area contributed by atoms with Crippen molar-refractivity contribution in [1.82, 2.24) is 9.78 Å². The molecule has 1 aromatic heterocycles. The maximum Gasteiger partial charge on any atom is 0.267 e. The van der Waals surface area contributed by atoms with Crippen molar-refractivity contribution in [3.05, 3.63) is 56.5 Å². The van der Waals surface area contributed by atoms with E-state index in [1.807, 2.05) is 13.8 Å². The Labute approximate surface area is 133 Å². The van der Waals surface area contributed by atoms with E-state index in [1.54, 1.807) is 32.0 Å². The molecular formula is C16H18ClN3O2. The number of nitrogens with zero attached hydrogens (tertiary/aromatic N) is 2. The van der Waals surface area contributed by atoms with Crippen molar-refractivity contribution >= 4 is 23.2 Å². The van der Waals surface area contributed by atoms with Gasteiger partial charge >= 0.3 is 0 Å². The normalized spacial score (nSPS) is 12.0. The second-order valence-corrected chi connectivity index (χ2v) is 5.76. The molecular weight excluding hydrogens is 302 g/mol. The van der Waals surface area contributed by atoms with E-state index in [1.165, 1.54) is 10.7 Å². The van der Waals surface area contributed by atoms with E-state index in [0.29, 0.717) is 10.7 Å². The van der Waals surface area contributed by atoms with Crippen molar-refractivity contribution in [2.24, 2.45) is 0 Å². The van der Waals surface area contributed by atoms with Crippen molar-refractivity contribution < 1.29 is 4.79 Å². The average Bonchev–Trinajstić information content (AvgIpc) is 2.45. The van der Waals surface area contributed by atoms with Crippen molar-refractivity contribution in [3.8, 4) is 0 Å². The number of rotatable bonds is 3. The first-order valence-electron chi connectivity index (χ1n) is 6.93. The van der Waals surface area contributed by atoms with E-state index < -0.39 is 6.04 Å². The van der Waals surface area contributed by atoms with Crippen molar-refractivity contribution in [2.45, 2.75) is 33.7 Å². The lowest BCUT2D eigenvalue weighted by atomic mass is 10.2. The fourth-order valence-electron chi connectivity index (χ4n) is 2.04. The first-order valence-corrected chi connectivity index (χ1v) is 7.31. The number of nitrogens with one attached hydrogen (secondary N) is 1. The molecule has 116 valence electrons. The van der Waals surface area contributed by atoms with E-state index in [2.05, 4.69) is 10.4 Å². The second kappa shape index (κ2) is 6.32. The van der Waals surface area contributed by atoms with Gasteiger partial charge < -0.3 is 5.32 Å². The summed E-state index contributed by atoms with van der Waals surface area (Å²) in [4.78, 5) is 24.4. The summed E-state index contributed by atoms with van der Waals surface area (Å²) in [5, 5.41) is 7.60. The molecule has 0 aliphatic heterocycles. The largest absolute Gasteiger partial charge is 0.324 e. The summed E-state index contributed by atoms with van der Waals surface area (Å²) in [6.45, 7) is 7.12. The number of hydrogen-bond donors (Lipinski definition) is 1. The molecule has 1 atom stereocenters. The first-order chi connectivity index (χ1) is 10.3. The van der Waals surface area contributed by atoms with Gasteiger partial charge in [0.05, 0.1) is 5.69 Å². The van der Waals surface area contributed by atoms with Crippen LogP contribution in [-0.4, -0.2) is 15.7 Å². The molecule has 0 bridgehead atoms. The third-order valence-electron chi connectivity index (χ3n) is 3.59. The van der Waals surface area contributed by atoms with Crippen LogP contribution in [-0.2, 0) is 4.79 Å². The molecule has 22 heavy (non-hydrogen) atoms. The summed E-state index contributed by atoms with van der Waals surface area (Å²) < 4.78 is 1.20. The summed E-state index contributed by atoms with van der Waals surface area (Å²) in [5.74, 6) is -0.303. The Hall–Kier alpha value is -2.14. The summed E-state index contributed by atoms with van der Waals surface area (Å²) in [7, 11) is 0. The van der Waals surface area contributed by atoms with E-state index in [-0.39, 0.29) is 11.5 Å². The summed E-state index contributed by atoms with van der Waals surface area (Å²) >= 11 is 5.90. The van der Waals surface area contributed by atoms with Gasteiger partial charge in [-0.1, -0.05) is 11.6 Å². The smallest absolute Gasteiger partial charge is 0.267 e. The molecule has 6 heteroatoms. The highest BCUT2D eigenvalue weighted by molar-refractivity contribution is 6.30. The lowest BCUT2D eigenvalue weighted by Crippen LogP contribution is -2.34. The van der Waals surface area contributed by atoms with Gasteiger partial charge in [0.2, 0.25) is 5.91 Å². The topological polar surface area (TPSA) is 64.0 Å². The van der Waals surface area contributed by atoms with Gasteiger partial charge in [0, 0.05) is 16.8 Å². The van der Waals surface area contributed by atoms with Crippen LogP contribution in [0.25, 0.3) is 0 Å². The minimum Gasteiger partial charge on any atom is -0.324 e. The number of aryl methyl sites for hydroxylation is 3. The zero-order valence-electron chi connectivity index (χ0n) is 13.0. The number of benzene rings is 1. The maximum absolute atomic E-state index is 12.4. The molecule has 1 unspecified atom stereocenters. The Morgan fingerprint density at radius 2 is 1.91 bits per heavy atom. The molecule has 2 aromatic rings. The summed E-state index contributed by atoms with van der Waals surface area (Å²) in [6, 6.07) is 5.98. The van der Waals surface area contributed by atoms with E-state index in [0.717, 1.165) is 16.8 Å². The molecule has 1 amide bonds. The number of anilines is 1. The number of amides is 1. The van der Waals surface area contributed by atoms with E-state index in [9.17, 15) is 9.59 Å². The Morgan fingerprint density at radius 3 is 2.55 bits per heavy atom. The number of hydrogen-bond acceptors (Lipinski definition) is 3. The fourth-order valence-corrected chi connectivity index (χ4v) is 2.27. The van der Waals surface area contributed by atoms with Gasteiger partial charge in [-0.05, 0) is 57.0 Å². The first kappa shape index (κ1) is 16.2. The van der Waals surface area contributed by atoms with Gasteiger partial charge in [-0.2, -0.15) is 5.10 Å². The SMILES string of the molecule is Cc1cc(Cl)ccc1NC(=O)C(C)n1nc(C)c(C)cc1=O. The van der Waals surface area contributed by atoms with Gasteiger partial charge in [0.1, 0.15) is 6.04 Å². The Balaban J connectivity index is 2.26. The lowest BCUT2D eigenvalue weighted by Gasteiger charge is -2.16. The molecule has 0 saturated heterocycles. The van der Waals surface area contributed by atoms with Gasteiger partial charge in [0.15, 0.2) is 0 Å². The van der Waals surface area contributed by atoms with Gasteiger partial charge in [0.25, 0.3) is 5.56 Å². The van der Waals surface area contributed by atoms with E-state index in [4.69, 9.17) is 11.6 Å². The molecule has 0 fully saturated rings. The van der Waals surface area contributed by atoms with Crippen LogP contribution in [0.1, 0.15) is 29.8 Å². The van der Waals surface area contributed by atoms with Crippen LogP contribution in [0, 0.1) is 20.8 Å². The quantitative estimate of drug-likeness (QED) is 0.945. The van der Waals surface area contributed by atoms with Crippen LogP contribution in [0.3, 0.4) is 0 Å². The standard InChI is InChI=1S/C16H18ClN3O2/c1-9-8-15(21)20(19-11(9)3)12(4)16(22)18-14-6-5-13(17)7-10(14)2/h5-8,12H,1-4H3,(H,18,22). The van der Waals surface area contributed by atoms with Crippen LogP contribution >= 0.6 is 11.6 Å². The molecule has 0 aliphatic rings. The fraction of sp³-hybridized carbons (Fsp3) is 0.312. The van der Waals surface area contributed by atoms with E-state index >= 15 is 0 Å². The Bertz CT molecular complexity index is 783. The Morgan fingerprint density at radius 1 is 1.23 bits per heavy atom. The monoisotopic (exact) mass is 319 g/mol. The zero-order chi connectivity index (χ0) is 16.4. The predicted octanol–water partition coefficient (Wildman–Crippen LogP) is 3.02. The summed E-state index contributed by atoms with van der Waals surface area (Å²) in [6.07, 6.45) is 0. The van der Waals surface area contributed by atoms with Crippen molar-refractivity contribution in [3.63, 3.8) is 0 Å². The number of halogens is 1. The van der Waals surface area contributed by atoms with Crippen molar-refractivity contribution in [2.75, 3.05) is 5.32 Å². The highest BCUT2D eigenvalue weighted by atomic mass is 35.5. The zero-order valence-corrected chi connectivity index (χ0v) is 13.7. The van der Waals surface area contributed by atoms with Crippen molar-refractivity contribution in [1.29, 1.82) is 0 Å². The molecule has 1 N–H and O–H groups in total. The molecule has 1 aromatic carbocycles. The molecule has 1 heterocycles. The third kappa shape index (κ3) is 3.36. The van der Waals surface area contributed by atoms with Crippen LogP contribution in [0.15, 0.2) is 29.1 Å². The highest BCUT2D eigenvalue weighted by Crippen LogP contribution is 2.20. The van der Waals surface area contributed by atoms with Crippen LogP contribution in [0.4, 0.5) is 5.69 Å². The maximum atomic E-state index is 12.4. The van der Waals surface area contributed by atoms with Gasteiger partial charge in [-0.15, -0.1) is 0 Å². The Kier molecular flexibility index (Phi) is 4.66. The molecule has 0 spiro atoms. The average molecular weight is 320 g/mol. The number of aromatic nitrogens is 2. The minimum atomic E-state index is -0.707. The van der Waals surface area contributed by atoms with Crippen LogP contribution in [0.2, 0.25) is 5.02 Å². The van der Waals surface area contributed by atoms with Gasteiger partial charge in [-0.25, -0.2) is 4.68 Å². The number of carbonyl (C=O) groups is 1. The minimum absolute atomic E-state index is 0.293. The van der Waals surface area contributed by atoms with Crippen LogP contribution < -0.4 is 10.9 Å². The molecule has 0 saturated carbocycles. The van der Waals surface area contributed by atoms with Gasteiger partial charge in [-0.3, -0.25) is 9.59 Å². The van der Waals surface area contributed by atoms with Crippen LogP contribution in [0.5, 0.6) is 0 Å². The molecule has 0 radical (unpaired) electrons. The molecule has 0 aliphatic carbocycles. The highest BCUT2D eigenvalue weighted by Gasteiger charge is 2.18. The lowest BCUT2D eigenvalue weighted by molar-refractivity contribution is -0.119. The third-order valence-corrected chi connectivity index (χ3v) is 3.82. The summed E-state index contributed by atoms with van der Waals surface area (Å²) in [5.41, 5.74) is 2.76.